The number of piperazine rings is 1. The van der Waals surface area contributed by atoms with E-state index in [-0.39, 0.29) is 5.91 Å². The van der Waals surface area contributed by atoms with Crippen LogP contribution < -0.4 is 10.6 Å². The van der Waals surface area contributed by atoms with Crippen LogP contribution in [0.5, 0.6) is 0 Å². The van der Waals surface area contributed by atoms with Gasteiger partial charge in [-0.15, -0.1) is 0 Å². The molecule has 8 nitrogen and oxygen atoms in total. The van der Waals surface area contributed by atoms with Crippen LogP contribution in [0.1, 0.15) is 38.3 Å². The third-order valence-electron chi connectivity index (χ3n) is 6.04. The smallest absolute Gasteiger partial charge is 0.321 e. The predicted octanol–water partition coefficient (Wildman–Crippen LogP) is 2.43. The summed E-state index contributed by atoms with van der Waals surface area (Å²) in [6, 6.07) is 13.2. The zero-order valence-corrected chi connectivity index (χ0v) is 21.1. The molecular weight excluding hydrogens is 442 g/mol. The highest BCUT2D eigenvalue weighted by atomic mass is 16.3. The second-order valence-corrected chi connectivity index (χ2v) is 10.4. The monoisotopic (exact) mass is 481 g/mol. The number of hydrogen-bond donors (Lipinski definition) is 3. The van der Waals surface area contributed by atoms with Crippen molar-refractivity contribution in [3.63, 3.8) is 0 Å². The van der Waals surface area contributed by atoms with E-state index in [1.54, 1.807) is 6.20 Å². The van der Waals surface area contributed by atoms with Crippen LogP contribution >= 0.6 is 0 Å². The quantitative estimate of drug-likeness (QED) is 0.509. The lowest BCUT2D eigenvalue weighted by molar-refractivity contribution is -0.125. The summed E-state index contributed by atoms with van der Waals surface area (Å²) in [6.07, 6.45) is 3.77. The molecule has 3 rings (SSSR count). The fraction of sp³-hybridized carbons (Fsp3) is 0.519. The number of aliphatic hydroxyl groups excluding tert-OH is 1. The van der Waals surface area contributed by atoms with Gasteiger partial charge in [0.15, 0.2) is 0 Å². The molecule has 2 unspecified atom stereocenters. The van der Waals surface area contributed by atoms with Crippen LogP contribution in [0.15, 0.2) is 54.9 Å². The number of hydrogen-bond acceptors (Lipinski definition) is 6. The maximum atomic E-state index is 13.0. The zero-order valence-electron chi connectivity index (χ0n) is 21.1. The molecule has 1 fully saturated rings. The lowest BCUT2D eigenvalue weighted by Gasteiger charge is -2.36. The van der Waals surface area contributed by atoms with Gasteiger partial charge in [-0.2, -0.15) is 0 Å². The second kappa shape index (κ2) is 12.8. The molecule has 2 aromatic rings. The van der Waals surface area contributed by atoms with Crippen molar-refractivity contribution in [3.8, 4) is 0 Å². The number of pyridine rings is 1. The fourth-order valence-electron chi connectivity index (χ4n) is 4.35. The number of aromatic nitrogens is 1. The number of benzene rings is 1. The number of carbonyl (C=O) groups excluding carboxylic acids is 2. The second-order valence-electron chi connectivity index (χ2n) is 10.4. The van der Waals surface area contributed by atoms with Crippen molar-refractivity contribution in [3.05, 3.63) is 66.0 Å². The molecule has 1 aromatic carbocycles. The Morgan fingerprint density at radius 1 is 1.00 bits per heavy atom. The SMILES string of the molecule is CC(C)(C)NC(=O)NC(=O)C(Cc1ccccc1)CC(O)CN1CCN(Cc2cccnc2)CC1. The zero-order chi connectivity index (χ0) is 25.3. The number of nitrogens with one attached hydrogen (secondary N) is 2. The van der Waals surface area contributed by atoms with Crippen molar-refractivity contribution < 1.29 is 14.7 Å². The summed E-state index contributed by atoms with van der Waals surface area (Å²) in [4.78, 5) is 34.1. The minimum atomic E-state index is -0.662. The minimum Gasteiger partial charge on any atom is -0.392 e. The molecule has 0 spiro atoms. The van der Waals surface area contributed by atoms with Crippen LogP contribution in [-0.4, -0.2) is 76.2 Å². The molecule has 1 saturated heterocycles. The van der Waals surface area contributed by atoms with Crippen LogP contribution in [-0.2, 0) is 17.8 Å². The van der Waals surface area contributed by atoms with Crippen LogP contribution in [0.3, 0.4) is 0 Å². The molecule has 3 N–H and O–H groups in total. The summed E-state index contributed by atoms with van der Waals surface area (Å²) < 4.78 is 0. The number of amides is 3. The summed E-state index contributed by atoms with van der Waals surface area (Å²) in [7, 11) is 0. The van der Waals surface area contributed by atoms with E-state index in [2.05, 4.69) is 31.5 Å². The number of carbonyl (C=O) groups is 2. The number of β-amino-alcohol motifs (C(OH)–C–C–N with tert-alkyl or cyclic N) is 1. The van der Waals surface area contributed by atoms with Gasteiger partial charge in [-0.25, -0.2) is 4.79 Å². The first-order valence-corrected chi connectivity index (χ1v) is 12.4. The van der Waals surface area contributed by atoms with Crippen LogP contribution in [0, 0.1) is 5.92 Å². The minimum absolute atomic E-state index is 0.291. The van der Waals surface area contributed by atoms with Gasteiger partial charge in [0.05, 0.1) is 6.10 Å². The lowest BCUT2D eigenvalue weighted by Crippen LogP contribution is -2.51. The molecule has 190 valence electrons. The number of aliphatic hydroxyl groups is 1. The Morgan fingerprint density at radius 3 is 2.29 bits per heavy atom. The van der Waals surface area contributed by atoms with Crippen molar-refractivity contribution in [1.82, 2.24) is 25.4 Å². The van der Waals surface area contributed by atoms with Crippen molar-refractivity contribution in [2.75, 3.05) is 32.7 Å². The average Bonchev–Trinajstić information content (AvgIpc) is 2.80. The number of imide groups is 1. The maximum Gasteiger partial charge on any atom is 0.321 e. The molecule has 1 aromatic heterocycles. The first kappa shape index (κ1) is 26.8. The lowest BCUT2D eigenvalue weighted by atomic mass is 9.92. The highest BCUT2D eigenvalue weighted by Crippen LogP contribution is 2.17. The van der Waals surface area contributed by atoms with E-state index in [1.807, 2.05) is 63.4 Å². The Morgan fingerprint density at radius 2 is 1.66 bits per heavy atom. The molecule has 0 bridgehead atoms. The van der Waals surface area contributed by atoms with Gasteiger partial charge in [-0.1, -0.05) is 36.4 Å². The molecule has 8 heteroatoms. The summed E-state index contributed by atoms with van der Waals surface area (Å²) in [5.74, 6) is -0.874. The molecule has 1 aliphatic heterocycles. The molecular formula is C27H39N5O3. The van der Waals surface area contributed by atoms with Gasteiger partial charge in [0.1, 0.15) is 0 Å². The summed E-state index contributed by atoms with van der Waals surface area (Å²) >= 11 is 0. The summed E-state index contributed by atoms with van der Waals surface area (Å²) in [6.45, 7) is 10.5. The van der Waals surface area contributed by atoms with Gasteiger partial charge in [-0.3, -0.25) is 24.9 Å². The average molecular weight is 482 g/mol. The van der Waals surface area contributed by atoms with Crippen LogP contribution in [0.25, 0.3) is 0 Å². The van der Waals surface area contributed by atoms with Gasteiger partial charge < -0.3 is 10.4 Å². The van der Waals surface area contributed by atoms with E-state index >= 15 is 0 Å². The Labute approximate surface area is 208 Å². The number of rotatable bonds is 9. The third-order valence-corrected chi connectivity index (χ3v) is 6.04. The van der Waals surface area contributed by atoms with Gasteiger partial charge >= 0.3 is 6.03 Å². The van der Waals surface area contributed by atoms with Gasteiger partial charge in [0.25, 0.3) is 0 Å². The molecule has 35 heavy (non-hydrogen) atoms. The van der Waals surface area contributed by atoms with Crippen LogP contribution in [0.4, 0.5) is 4.79 Å². The van der Waals surface area contributed by atoms with E-state index in [4.69, 9.17) is 0 Å². The summed E-state index contributed by atoms with van der Waals surface area (Å²) in [5.41, 5.74) is 1.75. The van der Waals surface area contributed by atoms with Gasteiger partial charge in [-0.05, 0) is 50.8 Å². The van der Waals surface area contributed by atoms with E-state index < -0.39 is 23.6 Å². The van der Waals surface area contributed by atoms with Crippen molar-refractivity contribution in [2.45, 2.75) is 51.8 Å². The molecule has 2 atom stereocenters. The van der Waals surface area contributed by atoms with Crippen molar-refractivity contribution in [1.29, 1.82) is 0 Å². The van der Waals surface area contributed by atoms with Crippen molar-refractivity contribution >= 4 is 11.9 Å². The predicted molar refractivity (Wildman–Crippen MR) is 137 cm³/mol. The summed E-state index contributed by atoms with van der Waals surface area (Å²) in [5, 5.41) is 16.1. The Balaban J connectivity index is 1.52. The number of nitrogens with zero attached hydrogens (tertiary/aromatic N) is 3. The Bertz CT molecular complexity index is 925. The Kier molecular flexibility index (Phi) is 9.77. The normalized spacial score (nSPS) is 16.9. The molecule has 0 saturated carbocycles. The van der Waals surface area contributed by atoms with E-state index in [0.29, 0.717) is 19.4 Å². The van der Waals surface area contributed by atoms with Crippen molar-refractivity contribution in [2.24, 2.45) is 5.92 Å². The molecule has 3 amide bonds. The largest absolute Gasteiger partial charge is 0.392 e. The van der Waals surface area contributed by atoms with Gasteiger partial charge in [0, 0.05) is 63.1 Å². The highest BCUT2D eigenvalue weighted by Gasteiger charge is 2.27. The van der Waals surface area contributed by atoms with E-state index in [0.717, 1.165) is 38.3 Å². The fourth-order valence-corrected chi connectivity index (χ4v) is 4.35. The first-order chi connectivity index (χ1) is 16.7. The van der Waals surface area contributed by atoms with Crippen LogP contribution in [0.2, 0.25) is 0 Å². The first-order valence-electron chi connectivity index (χ1n) is 12.4. The highest BCUT2D eigenvalue weighted by molar-refractivity contribution is 5.95. The van der Waals surface area contributed by atoms with Gasteiger partial charge in [0.2, 0.25) is 5.91 Å². The standard InChI is InChI=1S/C27H39N5O3/c1-27(2,3)30-26(35)29-25(34)23(16-21-8-5-4-6-9-21)17-24(33)20-32-14-12-31(13-15-32)19-22-10-7-11-28-18-22/h4-11,18,23-24,33H,12-17,19-20H2,1-3H3,(H2,29,30,34,35). The molecule has 2 heterocycles. The third kappa shape index (κ3) is 9.76. The molecule has 0 aliphatic carbocycles. The number of urea groups is 1. The molecule has 0 radical (unpaired) electrons. The van der Waals surface area contributed by atoms with E-state index in [9.17, 15) is 14.7 Å². The Hall–Kier alpha value is -2.81. The molecule has 1 aliphatic rings. The maximum absolute atomic E-state index is 13.0. The van der Waals surface area contributed by atoms with E-state index in [1.165, 1.54) is 5.56 Å². The topological polar surface area (TPSA) is 97.8 Å².